The normalized spacial score (nSPS) is 10.0. The maximum atomic E-state index is 12.4. The van der Waals surface area contributed by atoms with Crippen molar-refractivity contribution in [3.05, 3.63) is 53.6 Å². The highest BCUT2D eigenvalue weighted by Gasteiger charge is 2.21. The van der Waals surface area contributed by atoms with E-state index < -0.39 is 30.0 Å². The van der Waals surface area contributed by atoms with Gasteiger partial charge in [-0.25, -0.2) is 4.79 Å². The third-order valence-corrected chi connectivity index (χ3v) is 3.72. The highest BCUT2D eigenvalue weighted by atomic mass is 16.5. The molecule has 7 nitrogen and oxygen atoms in total. The van der Waals surface area contributed by atoms with Gasteiger partial charge >= 0.3 is 5.97 Å². The van der Waals surface area contributed by atoms with Crippen LogP contribution in [-0.4, -0.2) is 35.2 Å². The molecule has 0 radical (unpaired) electrons. The number of anilines is 1. The van der Waals surface area contributed by atoms with Gasteiger partial charge in [0, 0.05) is 12.2 Å². The summed E-state index contributed by atoms with van der Waals surface area (Å²) in [6.07, 6.45) is 0.126. The number of carbonyl (C=O) groups is 2. The van der Waals surface area contributed by atoms with Crippen LogP contribution in [0.5, 0.6) is 11.5 Å². The zero-order chi connectivity index (χ0) is 19.1. The standard InChI is InChI=1S/C19H18N2O5/c1-13-8-9-15(18(24)17(13)23)19(25)26-12-16(22)21(11-5-10-20)14-6-3-2-4-7-14/h2-4,6-9,23-24H,5,11-12H2,1H3. The number of rotatable bonds is 6. The number of carbonyl (C=O) groups excluding carboxylic acids is 2. The van der Waals surface area contributed by atoms with Gasteiger partial charge in [-0.3, -0.25) is 4.79 Å². The predicted molar refractivity (Wildman–Crippen MR) is 93.8 cm³/mol. The number of aryl methyl sites for hydroxylation is 1. The Morgan fingerprint density at radius 3 is 2.46 bits per heavy atom. The molecule has 2 aromatic carbocycles. The van der Waals surface area contributed by atoms with Crippen molar-refractivity contribution in [1.29, 1.82) is 5.26 Å². The summed E-state index contributed by atoms with van der Waals surface area (Å²) in [5.41, 5.74) is 0.755. The van der Waals surface area contributed by atoms with Gasteiger partial charge in [0.1, 0.15) is 5.56 Å². The summed E-state index contributed by atoms with van der Waals surface area (Å²) in [6, 6.07) is 13.4. The number of ether oxygens (including phenoxy) is 1. The van der Waals surface area contributed by atoms with Crippen molar-refractivity contribution < 1.29 is 24.5 Å². The number of para-hydroxylation sites is 1. The number of nitrogens with zero attached hydrogens (tertiary/aromatic N) is 2. The number of aromatic hydroxyl groups is 2. The van der Waals surface area contributed by atoms with Crippen LogP contribution in [0, 0.1) is 18.3 Å². The summed E-state index contributed by atoms with van der Waals surface area (Å²) >= 11 is 0. The van der Waals surface area contributed by atoms with E-state index in [-0.39, 0.29) is 18.5 Å². The van der Waals surface area contributed by atoms with Crippen LogP contribution in [0.4, 0.5) is 5.69 Å². The van der Waals surface area contributed by atoms with Gasteiger partial charge in [-0.1, -0.05) is 24.3 Å². The molecule has 0 aliphatic carbocycles. The topological polar surface area (TPSA) is 111 Å². The lowest BCUT2D eigenvalue weighted by atomic mass is 10.1. The van der Waals surface area contributed by atoms with Crippen molar-refractivity contribution in [2.45, 2.75) is 13.3 Å². The van der Waals surface area contributed by atoms with Gasteiger partial charge in [0.05, 0.1) is 12.5 Å². The molecule has 2 rings (SSSR count). The van der Waals surface area contributed by atoms with E-state index in [0.29, 0.717) is 11.3 Å². The molecule has 0 heterocycles. The van der Waals surface area contributed by atoms with E-state index in [2.05, 4.69) is 0 Å². The van der Waals surface area contributed by atoms with Gasteiger partial charge in [0.25, 0.3) is 5.91 Å². The summed E-state index contributed by atoms with van der Waals surface area (Å²) < 4.78 is 4.96. The lowest BCUT2D eigenvalue weighted by Crippen LogP contribution is -2.35. The van der Waals surface area contributed by atoms with Crippen LogP contribution in [0.25, 0.3) is 0 Å². The maximum absolute atomic E-state index is 12.4. The minimum atomic E-state index is -0.931. The summed E-state index contributed by atoms with van der Waals surface area (Å²) in [7, 11) is 0. The monoisotopic (exact) mass is 354 g/mol. The van der Waals surface area contributed by atoms with Crippen molar-refractivity contribution >= 4 is 17.6 Å². The average molecular weight is 354 g/mol. The van der Waals surface area contributed by atoms with Gasteiger partial charge in [-0.05, 0) is 30.7 Å². The minimum Gasteiger partial charge on any atom is -0.504 e. The Morgan fingerprint density at radius 1 is 1.12 bits per heavy atom. The highest BCUT2D eigenvalue weighted by molar-refractivity contribution is 5.98. The summed E-state index contributed by atoms with van der Waals surface area (Å²) in [5.74, 6) is -2.44. The Kier molecular flexibility index (Phi) is 6.17. The summed E-state index contributed by atoms with van der Waals surface area (Å²) in [4.78, 5) is 25.9. The van der Waals surface area contributed by atoms with Crippen molar-refractivity contribution in [2.75, 3.05) is 18.1 Å². The van der Waals surface area contributed by atoms with E-state index in [1.54, 1.807) is 37.3 Å². The van der Waals surface area contributed by atoms with E-state index in [1.807, 2.05) is 6.07 Å². The molecule has 0 unspecified atom stereocenters. The van der Waals surface area contributed by atoms with E-state index in [1.165, 1.54) is 17.0 Å². The molecular weight excluding hydrogens is 336 g/mol. The quantitative estimate of drug-likeness (QED) is 0.609. The van der Waals surface area contributed by atoms with Crippen molar-refractivity contribution in [3.8, 4) is 17.6 Å². The van der Waals surface area contributed by atoms with Gasteiger partial charge in [-0.2, -0.15) is 5.26 Å². The molecule has 0 aromatic heterocycles. The number of benzene rings is 2. The number of hydrogen-bond donors (Lipinski definition) is 2. The Morgan fingerprint density at radius 2 is 1.81 bits per heavy atom. The first-order valence-electron chi connectivity index (χ1n) is 7.86. The fourth-order valence-electron chi connectivity index (χ4n) is 2.30. The number of nitriles is 1. The summed E-state index contributed by atoms with van der Waals surface area (Å²) in [5, 5.41) is 28.3. The molecule has 0 bridgehead atoms. The molecule has 134 valence electrons. The van der Waals surface area contributed by atoms with E-state index in [0.717, 1.165) is 0 Å². The number of esters is 1. The van der Waals surface area contributed by atoms with Gasteiger partial charge in [0.15, 0.2) is 18.1 Å². The Bertz CT molecular complexity index is 843. The Balaban J connectivity index is 2.09. The fraction of sp³-hybridized carbons (Fsp3) is 0.211. The number of phenols is 2. The van der Waals surface area contributed by atoms with Crippen molar-refractivity contribution in [1.82, 2.24) is 0 Å². The lowest BCUT2D eigenvalue weighted by molar-refractivity contribution is -0.121. The van der Waals surface area contributed by atoms with Crippen LogP contribution in [0.2, 0.25) is 0 Å². The van der Waals surface area contributed by atoms with E-state index in [9.17, 15) is 19.8 Å². The zero-order valence-electron chi connectivity index (χ0n) is 14.2. The molecule has 2 aromatic rings. The van der Waals surface area contributed by atoms with Gasteiger partial charge in [-0.15, -0.1) is 0 Å². The van der Waals surface area contributed by atoms with E-state index in [4.69, 9.17) is 10.00 Å². The predicted octanol–water partition coefficient (Wildman–Crippen LogP) is 2.51. The van der Waals surface area contributed by atoms with Crippen LogP contribution in [0.1, 0.15) is 22.3 Å². The number of amides is 1. The largest absolute Gasteiger partial charge is 0.504 e. The molecule has 1 amide bonds. The van der Waals surface area contributed by atoms with Crippen LogP contribution >= 0.6 is 0 Å². The van der Waals surface area contributed by atoms with E-state index >= 15 is 0 Å². The minimum absolute atomic E-state index is 0.126. The zero-order valence-corrected chi connectivity index (χ0v) is 14.2. The third kappa shape index (κ3) is 4.30. The van der Waals surface area contributed by atoms with Gasteiger partial charge in [0.2, 0.25) is 0 Å². The number of hydrogen-bond acceptors (Lipinski definition) is 6. The Labute approximate surface area is 150 Å². The van der Waals surface area contributed by atoms with Crippen LogP contribution in [0.3, 0.4) is 0 Å². The fourth-order valence-corrected chi connectivity index (χ4v) is 2.30. The second-order valence-electron chi connectivity index (χ2n) is 5.49. The van der Waals surface area contributed by atoms with Crippen molar-refractivity contribution in [2.24, 2.45) is 0 Å². The third-order valence-electron chi connectivity index (χ3n) is 3.72. The molecule has 0 aliphatic rings. The van der Waals surface area contributed by atoms with Crippen molar-refractivity contribution in [3.63, 3.8) is 0 Å². The molecule has 0 fully saturated rings. The highest BCUT2D eigenvalue weighted by Crippen LogP contribution is 2.32. The van der Waals surface area contributed by atoms with Gasteiger partial charge < -0.3 is 19.8 Å². The van der Waals surface area contributed by atoms with Crippen LogP contribution in [0.15, 0.2) is 42.5 Å². The summed E-state index contributed by atoms with van der Waals surface area (Å²) in [6.45, 7) is 1.17. The van der Waals surface area contributed by atoms with Crippen LogP contribution < -0.4 is 4.90 Å². The second kappa shape index (κ2) is 8.53. The molecule has 2 N–H and O–H groups in total. The molecule has 0 spiro atoms. The average Bonchev–Trinajstić information content (AvgIpc) is 2.65. The molecule has 0 aliphatic heterocycles. The number of phenolic OH excluding ortho intramolecular Hbond substituents is 2. The molecule has 0 atom stereocenters. The first kappa shape index (κ1) is 18.8. The molecule has 7 heteroatoms. The second-order valence-corrected chi connectivity index (χ2v) is 5.49. The smallest absolute Gasteiger partial charge is 0.342 e. The first-order chi connectivity index (χ1) is 12.5. The molecule has 0 saturated carbocycles. The Hall–Kier alpha value is -3.53. The first-order valence-corrected chi connectivity index (χ1v) is 7.86. The van der Waals surface area contributed by atoms with Crippen LogP contribution in [-0.2, 0) is 9.53 Å². The SMILES string of the molecule is Cc1ccc(C(=O)OCC(=O)N(CCC#N)c2ccccc2)c(O)c1O. The molecule has 0 saturated heterocycles. The lowest BCUT2D eigenvalue weighted by Gasteiger charge is -2.21. The maximum Gasteiger partial charge on any atom is 0.342 e. The molecular formula is C19H18N2O5. The molecule has 26 heavy (non-hydrogen) atoms.